The summed E-state index contributed by atoms with van der Waals surface area (Å²) in [5.74, 6) is -0.0534. The highest BCUT2D eigenvalue weighted by molar-refractivity contribution is 9.12. The summed E-state index contributed by atoms with van der Waals surface area (Å²) in [6.45, 7) is 6.31. The van der Waals surface area contributed by atoms with Gasteiger partial charge in [-0.2, -0.15) is 0 Å². The van der Waals surface area contributed by atoms with Gasteiger partial charge in [0.25, 0.3) is 5.91 Å². The van der Waals surface area contributed by atoms with Crippen molar-refractivity contribution in [1.29, 1.82) is 0 Å². The number of carbonyl (C=O) groups is 2. The van der Waals surface area contributed by atoms with E-state index in [-0.39, 0.29) is 11.8 Å². The molecule has 1 aromatic heterocycles. The molecule has 4 nitrogen and oxygen atoms in total. The Morgan fingerprint density at radius 1 is 1.32 bits per heavy atom. The summed E-state index contributed by atoms with van der Waals surface area (Å²) in [5.41, 5.74) is 0.528. The average Bonchev–Trinajstić information content (AvgIpc) is 2.65. The Labute approximate surface area is 133 Å². The predicted octanol–water partition coefficient (Wildman–Crippen LogP) is 3.16. The van der Waals surface area contributed by atoms with Crippen molar-refractivity contribution in [3.8, 4) is 0 Å². The summed E-state index contributed by atoms with van der Waals surface area (Å²) in [6, 6.07) is 1.17. The molecule has 2 amide bonds. The first-order valence-electron chi connectivity index (χ1n) is 5.84. The molecule has 0 fully saturated rings. The number of rotatable bonds is 5. The standard InChI is InChI=1S/C12H16Br2N2O2S/c1-6(2)5-15-11(17)7(3)16-12(18)8-4-9(13)19-10(8)14/h4,6-7H,5H2,1-3H3,(H,15,17)(H,16,18). The summed E-state index contributed by atoms with van der Waals surface area (Å²) < 4.78 is 1.60. The zero-order chi connectivity index (χ0) is 14.6. The molecular weight excluding hydrogens is 396 g/mol. The largest absolute Gasteiger partial charge is 0.354 e. The lowest BCUT2D eigenvalue weighted by Gasteiger charge is -2.15. The first kappa shape index (κ1) is 16.7. The van der Waals surface area contributed by atoms with Crippen LogP contribution in [0.25, 0.3) is 0 Å². The van der Waals surface area contributed by atoms with Crippen molar-refractivity contribution in [2.45, 2.75) is 26.8 Å². The first-order valence-corrected chi connectivity index (χ1v) is 8.25. The molecule has 0 aromatic carbocycles. The summed E-state index contributed by atoms with van der Waals surface area (Å²) >= 11 is 8.06. The molecule has 19 heavy (non-hydrogen) atoms. The second-order valence-corrected chi connectivity index (χ2v) is 8.32. The van der Waals surface area contributed by atoms with Crippen LogP contribution in [0.5, 0.6) is 0 Å². The van der Waals surface area contributed by atoms with E-state index in [0.29, 0.717) is 18.0 Å². The van der Waals surface area contributed by atoms with E-state index < -0.39 is 6.04 Å². The molecule has 7 heteroatoms. The maximum absolute atomic E-state index is 12.0. The normalized spacial score (nSPS) is 12.3. The Morgan fingerprint density at radius 2 is 1.95 bits per heavy atom. The van der Waals surface area contributed by atoms with Gasteiger partial charge in [-0.1, -0.05) is 13.8 Å². The average molecular weight is 412 g/mol. The fourth-order valence-electron chi connectivity index (χ4n) is 1.29. The monoisotopic (exact) mass is 410 g/mol. The van der Waals surface area contributed by atoms with Gasteiger partial charge in [0.2, 0.25) is 5.91 Å². The Morgan fingerprint density at radius 3 is 2.42 bits per heavy atom. The third-order valence-corrected chi connectivity index (χ3v) is 4.67. The fraction of sp³-hybridized carbons (Fsp3) is 0.500. The van der Waals surface area contributed by atoms with Crippen molar-refractivity contribution in [2.75, 3.05) is 6.54 Å². The van der Waals surface area contributed by atoms with Crippen LogP contribution in [-0.2, 0) is 4.79 Å². The van der Waals surface area contributed by atoms with Crippen molar-refractivity contribution in [3.63, 3.8) is 0 Å². The Kier molecular flexibility index (Phi) is 6.49. The first-order chi connectivity index (χ1) is 8.81. The van der Waals surface area contributed by atoms with Gasteiger partial charge in [0, 0.05) is 6.54 Å². The van der Waals surface area contributed by atoms with Crippen molar-refractivity contribution in [3.05, 3.63) is 19.2 Å². The lowest BCUT2D eigenvalue weighted by atomic mass is 10.2. The van der Waals surface area contributed by atoms with Crippen LogP contribution >= 0.6 is 43.2 Å². The van der Waals surface area contributed by atoms with Crippen LogP contribution in [0.15, 0.2) is 13.6 Å². The SMILES string of the molecule is CC(C)CNC(=O)C(C)NC(=O)c1cc(Br)sc1Br. The van der Waals surface area contributed by atoms with Gasteiger partial charge in [0.05, 0.1) is 13.1 Å². The fourth-order valence-corrected chi connectivity index (χ4v) is 4.09. The molecule has 1 heterocycles. The molecule has 1 atom stereocenters. The Hall–Kier alpha value is -0.400. The van der Waals surface area contributed by atoms with Crippen LogP contribution in [0.4, 0.5) is 0 Å². The van der Waals surface area contributed by atoms with Crippen molar-refractivity contribution >= 4 is 55.0 Å². The van der Waals surface area contributed by atoms with E-state index in [9.17, 15) is 9.59 Å². The van der Waals surface area contributed by atoms with Crippen molar-refractivity contribution in [1.82, 2.24) is 10.6 Å². The van der Waals surface area contributed by atoms with Gasteiger partial charge in [-0.15, -0.1) is 11.3 Å². The van der Waals surface area contributed by atoms with Gasteiger partial charge < -0.3 is 10.6 Å². The molecule has 1 aromatic rings. The Balaban J connectivity index is 2.57. The van der Waals surface area contributed by atoms with Crippen LogP contribution < -0.4 is 10.6 Å². The highest BCUT2D eigenvalue weighted by Gasteiger charge is 2.19. The molecule has 0 radical (unpaired) electrons. The van der Waals surface area contributed by atoms with Crippen LogP contribution in [0.3, 0.4) is 0 Å². The molecular formula is C12H16Br2N2O2S. The minimum absolute atomic E-state index is 0.174. The molecule has 2 N–H and O–H groups in total. The summed E-state index contributed by atoms with van der Waals surface area (Å²) in [7, 11) is 0. The smallest absolute Gasteiger partial charge is 0.253 e. The summed E-state index contributed by atoms with van der Waals surface area (Å²) in [4.78, 5) is 23.8. The molecule has 0 saturated carbocycles. The maximum Gasteiger partial charge on any atom is 0.253 e. The minimum Gasteiger partial charge on any atom is -0.354 e. The highest BCUT2D eigenvalue weighted by Crippen LogP contribution is 2.31. The molecule has 106 valence electrons. The maximum atomic E-state index is 12.0. The number of hydrogen-bond acceptors (Lipinski definition) is 3. The minimum atomic E-state index is -0.558. The van der Waals surface area contributed by atoms with Crippen molar-refractivity contribution < 1.29 is 9.59 Å². The van der Waals surface area contributed by atoms with Gasteiger partial charge >= 0.3 is 0 Å². The summed E-state index contributed by atoms with van der Waals surface area (Å²) in [5, 5.41) is 5.47. The molecule has 0 aliphatic heterocycles. The zero-order valence-electron chi connectivity index (χ0n) is 10.9. The number of nitrogens with one attached hydrogen (secondary N) is 2. The van der Waals surface area contributed by atoms with Gasteiger partial charge in [0.15, 0.2) is 0 Å². The zero-order valence-corrected chi connectivity index (χ0v) is 14.9. The molecule has 1 unspecified atom stereocenters. The second-order valence-electron chi connectivity index (χ2n) is 4.57. The van der Waals surface area contributed by atoms with Gasteiger partial charge in [0.1, 0.15) is 6.04 Å². The summed E-state index contributed by atoms with van der Waals surface area (Å²) in [6.07, 6.45) is 0. The van der Waals surface area contributed by atoms with Gasteiger partial charge in [-0.25, -0.2) is 0 Å². The molecule has 1 rings (SSSR count). The van der Waals surface area contributed by atoms with E-state index in [4.69, 9.17) is 0 Å². The molecule has 0 aliphatic rings. The van der Waals surface area contributed by atoms with Crippen LogP contribution in [0.1, 0.15) is 31.1 Å². The molecule has 0 saturated heterocycles. The third kappa shape index (κ3) is 5.24. The van der Waals surface area contributed by atoms with E-state index >= 15 is 0 Å². The number of amides is 2. The second kappa shape index (κ2) is 7.40. The Bertz CT molecular complexity index is 474. The number of hydrogen-bond donors (Lipinski definition) is 2. The van der Waals surface area contributed by atoms with Crippen LogP contribution in [0.2, 0.25) is 0 Å². The van der Waals surface area contributed by atoms with E-state index in [1.54, 1.807) is 13.0 Å². The van der Waals surface area contributed by atoms with E-state index in [0.717, 1.165) is 7.57 Å². The quantitative estimate of drug-likeness (QED) is 0.781. The predicted molar refractivity (Wildman–Crippen MR) is 84.5 cm³/mol. The lowest BCUT2D eigenvalue weighted by Crippen LogP contribution is -2.45. The lowest BCUT2D eigenvalue weighted by molar-refractivity contribution is -0.122. The van der Waals surface area contributed by atoms with Gasteiger partial charge in [-0.3, -0.25) is 9.59 Å². The topological polar surface area (TPSA) is 58.2 Å². The van der Waals surface area contributed by atoms with Crippen molar-refractivity contribution in [2.24, 2.45) is 5.92 Å². The molecule has 0 aliphatic carbocycles. The third-order valence-electron chi connectivity index (χ3n) is 2.33. The van der Waals surface area contributed by atoms with E-state index in [2.05, 4.69) is 42.5 Å². The van der Waals surface area contributed by atoms with E-state index in [1.165, 1.54) is 11.3 Å². The molecule has 0 bridgehead atoms. The van der Waals surface area contributed by atoms with Crippen LogP contribution in [-0.4, -0.2) is 24.4 Å². The number of carbonyl (C=O) groups excluding carboxylic acids is 2. The number of thiophene rings is 1. The molecule has 0 spiro atoms. The van der Waals surface area contributed by atoms with E-state index in [1.807, 2.05) is 13.8 Å². The number of halogens is 2. The highest BCUT2D eigenvalue weighted by atomic mass is 79.9. The van der Waals surface area contributed by atoms with Crippen LogP contribution in [0, 0.1) is 5.92 Å². The van der Waals surface area contributed by atoms with Gasteiger partial charge in [-0.05, 0) is 50.8 Å².